The highest BCUT2D eigenvalue weighted by Crippen LogP contribution is 2.24. The highest BCUT2D eigenvalue weighted by molar-refractivity contribution is 7.12. The number of carboxylic acid groups (broad SMARTS) is 1. The minimum Gasteiger partial charge on any atom is -0.481 e. The van der Waals surface area contributed by atoms with Gasteiger partial charge in [0, 0.05) is 16.9 Å². The van der Waals surface area contributed by atoms with Crippen LogP contribution in [-0.2, 0) is 9.53 Å². The smallest absolute Gasteiger partial charge is 0.314 e. The van der Waals surface area contributed by atoms with Gasteiger partial charge in [-0.1, -0.05) is 0 Å². The van der Waals surface area contributed by atoms with E-state index >= 15 is 0 Å². The van der Waals surface area contributed by atoms with Gasteiger partial charge in [-0.3, -0.25) is 4.79 Å². The number of ether oxygens (including phenoxy) is 1. The highest BCUT2D eigenvalue weighted by atomic mass is 32.1. The fraction of sp³-hybridized carbons (Fsp3) is 0.444. The second-order valence-corrected chi connectivity index (χ2v) is 4.11. The first-order valence-electron chi connectivity index (χ1n) is 3.93. The molecule has 0 saturated carbocycles. The molecule has 0 amide bonds. The molecule has 0 spiro atoms. The second kappa shape index (κ2) is 4.39. The van der Waals surface area contributed by atoms with E-state index in [0.717, 1.165) is 9.75 Å². The first-order chi connectivity index (χ1) is 6.15. The molecule has 0 fully saturated rings. The van der Waals surface area contributed by atoms with Crippen molar-refractivity contribution in [3.63, 3.8) is 0 Å². The molecule has 0 aliphatic carbocycles. The molecule has 0 aliphatic heterocycles. The van der Waals surface area contributed by atoms with E-state index in [4.69, 9.17) is 9.84 Å². The lowest BCUT2D eigenvalue weighted by molar-refractivity contribution is -0.140. The molecule has 72 valence electrons. The van der Waals surface area contributed by atoms with Crippen molar-refractivity contribution in [3.8, 4) is 0 Å². The van der Waals surface area contributed by atoms with Gasteiger partial charge in [-0.25, -0.2) is 0 Å². The van der Waals surface area contributed by atoms with Crippen molar-refractivity contribution in [1.82, 2.24) is 0 Å². The minimum absolute atomic E-state index is 0.231. The molecule has 4 heteroatoms. The molecule has 1 unspecified atom stereocenters. The summed E-state index contributed by atoms with van der Waals surface area (Å²) in [6.07, 6.45) is 0. The average molecular weight is 200 g/mol. The van der Waals surface area contributed by atoms with E-state index in [-0.39, 0.29) is 6.61 Å². The van der Waals surface area contributed by atoms with Gasteiger partial charge in [0.15, 0.2) is 0 Å². The fourth-order valence-corrected chi connectivity index (χ4v) is 2.04. The van der Waals surface area contributed by atoms with Gasteiger partial charge in [-0.15, -0.1) is 11.3 Å². The van der Waals surface area contributed by atoms with Crippen LogP contribution in [0, 0.1) is 6.92 Å². The number of aliphatic carboxylic acids is 1. The number of methoxy groups -OCH3 is 1. The van der Waals surface area contributed by atoms with E-state index in [1.165, 1.54) is 18.4 Å². The SMILES string of the molecule is COCC(C(=O)O)c1ccc(C)s1. The van der Waals surface area contributed by atoms with Crippen LogP contribution < -0.4 is 0 Å². The lowest BCUT2D eigenvalue weighted by Crippen LogP contribution is -2.15. The van der Waals surface area contributed by atoms with Crippen molar-refractivity contribution in [3.05, 3.63) is 21.9 Å². The molecule has 0 aromatic carbocycles. The maximum atomic E-state index is 10.8. The summed E-state index contributed by atoms with van der Waals surface area (Å²) in [5.74, 6) is -1.35. The molecule has 1 rings (SSSR count). The molecule has 1 aromatic rings. The van der Waals surface area contributed by atoms with E-state index in [0.29, 0.717) is 0 Å². The first kappa shape index (κ1) is 10.2. The van der Waals surface area contributed by atoms with Gasteiger partial charge in [-0.05, 0) is 19.1 Å². The van der Waals surface area contributed by atoms with E-state index in [1.807, 2.05) is 19.1 Å². The van der Waals surface area contributed by atoms with Crippen LogP contribution >= 0.6 is 11.3 Å². The third kappa shape index (κ3) is 2.54. The molecule has 0 radical (unpaired) electrons. The fourth-order valence-electron chi connectivity index (χ4n) is 1.08. The van der Waals surface area contributed by atoms with Gasteiger partial charge in [-0.2, -0.15) is 0 Å². The number of rotatable bonds is 4. The van der Waals surface area contributed by atoms with E-state index in [2.05, 4.69) is 0 Å². The summed E-state index contributed by atoms with van der Waals surface area (Å²) in [4.78, 5) is 12.8. The van der Waals surface area contributed by atoms with Crippen LogP contribution in [0.3, 0.4) is 0 Å². The summed E-state index contributed by atoms with van der Waals surface area (Å²) >= 11 is 1.50. The Morgan fingerprint density at radius 1 is 1.69 bits per heavy atom. The Morgan fingerprint density at radius 2 is 2.38 bits per heavy atom. The van der Waals surface area contributed by atoms with Crippen molar-refractivity contribution < 1.29 is 14.6 Å². The van der Waals surface area contributed by atoms with Crippen LogP contribution in [0.1, 0.15) is 15.7 Å². The topological polar surface area (TPSA) is 46.5 Å². The number of carbonyl (C=O) groups is 1. The van der Waals surface area contributed by atoms with Crippen LogP contribution in [0.25, 0.3) is 0 Å². The Morgan fingerprint density at radius 3 is 2.77 bits per heavy atom. The van der Waals surface area contributed by atoms with Crippen molar-refractivity contribution >= 4 is 17.3 Å². The van der Waals surface area contributed by atoms with E-state index < -0.39 is 11.9 Å². The van der Waals surface area contributed by atoms with E-state index in [1.54, 1.807) is 0 Å². The third-order valence-corrected chi connectivity index (χ3v) is 2.85. The van der Waals surface area contributed by atoms with Crippen LogP contribution in [0.2, 0.25) is 0 Å². The summed E-state index contributed by atoms with van der Waals surface area (Å²) in [6.45, 7) is 2.19. The monoisotopic (exact) mass is 200 g/mol. The molecule has 3 nitrogen and oxygen atoms in total. The molecule has 1 heterocycles. The summed E-state index contributed by atoms with van der Waals surface area (Å²) in [5.41, 5.74) is 0. The van der Waals surface area contributed by atoms with Gasteiger partial charge < -0.3 is 9.84 Å². The zero-order chi connectivity index (χ0) is 9.84. The van der Waals surface area contributed by atoms with Gasteiger partial charge in [0.2, 0.25) is 0 Å². The van der Waals surface area contributed by atoms with Crippen LogP contribution in [0.4, 0.5) is 0 Å². The third-order valence-electron chi connectivity index (χ3n) is 1.74. The first-order valence-corrected chi connectivity index (χ1v) is 4.75. The number of aryl methyl sites for hydroxylation is 1. The van der Waals surface area contributed by atoms with Crippen molar-refractivity contribution in [1.29, 1.82) is 0 Å². The predicted octanol–water partition coefficient (Wildman–Crippen LogP) is 1.87. The summed E-state index contributed by atoms with van der Waals surface area (Å²) in [5, 5.41) is 8.89. The Hall–Kier alpha value is -0.870. The second-order valence-electron chi connectivity index (χ2n) is 2.79. The number of thiophene rings is 1. The summed E-state index contributed by atoms with van der Waals surface area (Å²) in [6, 6.07) is 3.77. The standard InChI is InChI=1S/C9H12O3S/c1-6-3-4-8(13-6)7(5-12-2)9(10)11/h3-4,7H,5H2,1-2H3,(H,10,11). The zero-order valence-electron chi connectivity index (χ0n) is 7.61. The van der Waals surface area contributed by atoms with Crippen molar-refractivity contribution in [2.45, 2.75) is 12.8 Å². The Bertz CT molecular complexity index is 293. The number of hydrogen-bond donors (Lipinski definition) is 1. The number of carboxylic acids is 1. The molecular weight excluding hydrogens is 188 g/mol. The number of hydrogen-bond acceptors (Lipinski definition) is 3. The maximum Gasteiger partial charge on any atom is 0.314 e. The minimum atomic E-state index is -0.830. The normalized spacial score (nSPS) is 12.8. The van der Waals surface area contributed by atoms with Crippen LogP contribution in [0.5, 0.6) is 0 Å². The molecule has 1 N–H and O–H groups in total. The van der Waals surface area contributed by atoms with Gasteiger partial charge >= 0.3 is 5.97 Å². The predicted molar refractivity (Wildman–Crippen MR) is 51.3 cm³/mol. The van der Waals surface area contributed by atoms with Crippen LogP contribution in [-0.4, -0.2) is 24.8 Å². The molecule has 1 aromatic heterocycles. The quantitative estimate of drug-likeness (QED) is 0.807. The molecular formula is C9H12O3S. The van der Waals surface area contributed by atoms with Crippen LogP contribution in [0.15, 0.2) is 12.1 Å². The van der Waals surface area contributed by atoms with Gasteiger partial charge in [0.25, 0.3) is 0 Å². The lowest BCUT2D eigenvalue weighted by atomic mass is 10.1. The highest BCUT2D eigenvalue weighted by Gasteiger charge is 2.20. The molecule has 13 heavy (non-hydrogen) atoms. The Labute approximate surface area is 81.0 Å². The molecule has 1 atom stereocenters. The largest absolute Gasteiger partial charge is 0.481 e. The Balaban J connectivity index is 2.81. The molecule has 0 saturated heterocycles. The lowest BCUT2D eigenvalue weighted by Gasteiger charge is -2.07. The zero-order valence-corrected chi connectivity index (χ0v) is 8.43. The summed E-state index contributed by atoms with van der Waals surface area (Å²) in [7, 11) is 1.51. The van der Waals surface area contributed by atoms with Gasteiger partial charge in [0.05, 0.1) is 6.61 Å². The van der Waals surface area contributed by atoms with Crippen molar-refractivity contribution in [2.75, 3.05) is 13.7 Å². The van der Waals surface area contributed by atoms with E-state index in [9.17, 15) is 4.79 Å². The molecule has 0 bridgehead atoms. The average Bonchev–Trinajstić information content (AvgIpc) is 2.46. The Kier molecular flexibility index (Phi) is 3.45. The van der Waals surface area contributed by atoms with Crippen molar-refractivity contribution in [2.24, 2.45) is 0 Å². The summed E-state index contributed by atoms with van der Waals surface area (Å²) < 4.78 is 4.85. The molecule has 0 aliphatic rings. The van der Waals surface area contributed by atoms with Gasteiger partial charge in [0.1, 0.15) is 5.92 Å². The maximum absolute atomic E-state index is 10.8.